The van der Waals surface area contributed by atoms with Crippen LogP contribution in [0.5, 0.6) is 0 Å². The molecule has 0 radical (unpaired) electrons. The molecule has 1 aromatic rings. The van der Waals surface area contributed by atoms with Crippen LogP contribution >= 0.6 is 19.8 Å². The molecule has 5 nitrogen and oxygen atoms in total. The van der Waals surface area contributed by atoms with Gasteiger partial charge in [-0.2, -0.15) is 0 Å². The number of nitrogens with one attached hydrogen (secondary N) is 1. The van der Waals surface area contributed by atoms with E-state index in [4.69, 9.17) is 0 Å². The first kappa shape index (κ1) is 14.1. The van der Waals surface area contributed by atoms with Crippen molar-refractivity contribution < 1.29 is 4.79 Å². The summed E-state index contributed by atoms with van der Waals surface area (Å²) in [6.07, 6.45) is 1.70. The van der Waals surface area contributed by atoms with E-state index in [1.54, 1.807) is 30.7 Å². The first-order valence-electron chi connectivity index (χ1n) is 5.24. The molecule has 0 atom stereocenters. The molecule has 0 aliphatic rings. The summed E-state index contributed by atoms with van der Waals surface area (Å²) < 4.78 is 2.39. The van der Waals surface area contributed by atoms with E-state index in [0.29, 0.717) is 5.82 Å². The van der Waals surface area contributed by atoms with Gasteiger partial charge >= 0.3 is 108 Å². The van der Waals surface area contributed by atoms with Gasteiger partial charge < -0.3 is 0 Å². The third kappa shape index (κ3) is 4.45. The second kappa shape index (κ2) is 6.13. The van der Waals surface area contributed by atoms with Gasteiger partial charge in [-0.25, -0.2) is 0 Å². The van der Waals surface area contributed by atoms with Gasteiger partial charge in [0.05, 0.1) is 0 Å². The number of anilines is 1. The Morgan fingerprint density at radius 3 is 2.65 bits per heavy atom. The molecule has 17 heavy (non-hydrogen) atoms. The topological polar surface area (TPSA) is 64.0 Å². The zero-order valence-electron chi connectivity index (χ0n) is 10.5. The summed E-state index contributed by atoms with van der Waals surface area (Å²) in [5.41, 5.74) is -0.294. The molecule has 0 spiro atoms. The SMILES string of the molecule is CC(C)C(=O)Nc1ccn(CI(C)C)c(=O)n1. The third-order valence-corrected chi connectivity index (χ3v) is 4.12. The minimum absolute atomic E-state index is 0.122. The summed E-state index contributed by atoms with van der Waals surface area (Å²) in [4.78, 5) is 31.3. The van der Waals surface area contributed by atoms with Crippen LogP contribution in [0.1, 0.15) is 13.8 Å². The third-order valence-electron chi connectivity index (χ3n) is 2.02. The molecule has 0 unspecified atom stereocenters. The van der Waals surface area contributed by atoms with E-state index in [0.717, 1.165) is 4.55 Å². The number of rotatable bonds is 4. The van der Waals surface area contributed by atoms with Crippen molar-refractivity contribution in [2.24, 2.45) is 5.92 Å². The standard InChI is InChI=1S/C11H18IN3O2/c1-8(2)10(16)13-9-5-6-15(7-12(3)4)11(17)14-9/h5-6,8H,7H2,1-4H3,(H,13,14,16,17). The molecule has 0 aliphatic heterocycles. The zero-order valence-corrected chi connectivity index (χ0v) is 12.7. The number of carbonyl (C=O) groups excluding carboxylic acids is 1. The predicted octanol–water partition coefficient (Wildman–Crippen LogP) is 1.56. The van der Waals surface area contributed by atoms with Crippen molar-refractivity contribution in [3.8, 4) is 0 Å². The van der Waals surface area contributed by atoms with Crippen molar-refractivity contribution >= 4 is 31.5 Å². The van der Waals surface area contributed by atoms with Gasteiger partial charge in [-0.3, -0.25) is 0 Å². The van der Waals surface area contributed by atoms with Crippen molar-refractivity contribution in [1.29, 1.82) is 0 Å². The summed E-state index contributed by atoms with van der Waals surface area (Å²) >= 11 is -1.01. The van der Waals surface area contributed by atoms with Crippen LogP contribution < -0.4 is 11.0 Å². The van der Waals surface area contributed by atoms with Crippen molar-refractivity contribution in [2.45, 2.75) is 18.4 Å². The van der Waals surface area contributed by atoms with Crippen molar-refractivity contribution in [2.75, 3.05) is 15.2 Å². The van der Waals surface area contributed by atoms with E-state index in [1.807, 2.05) is 0 Å². The molecular weight excluding hydrogens is 333 g/mol. The number of alkyl halides is 3. The van der Waals surface area contributed by atoms with Gasteiger partial charge in [0.15, 0.2) is 0 Å². The normalized spacial score (nSPS) is 11.5. The Bertz CT molecular complexity index is 454. The van der Waals surface area contributed by atoms with Crippen molar-refractivity contribution in [3.63, 3.8) is 0 Å². The maximum atomic E-state index is 11.7. The molecule has 6 heteroatoms. The quantitative estimate of drug-likeness (QED) is 0.662. The van der Waals surface area contributed by atoms with E-state index < -0.39 is 19.8 Å². The average molecular weight is 351 g/mol. The maximum absolute atomic E-state index is 11.7. The summed E-state index contributed by atoms with van der Waals surface area (Å²) in [6.45, 7) is 3.59. The van der Waals surface area contributed by atoms with E-state index in [2.05, 4.69) is 20.2 Å². The van der Waals surface area contributed by atoms with Crippen LogP contribution in [0, 0.1) is 5.92 Å². The van der Waals surface area contributed by atoms with E-state index in [9.17, 15) is 9.59 Å². The Balaban J connectivity index is 2.82. The molecule has 0 saturated carbocycles. The van der Waals surface area contributed by atoms with Crippen molar-refractivity contribution in [1.82, 2.24) is 9.55 Å². The second-order valence-corrected chi connectivity index (χ2v) is 10.1. The number of hydrogen-bond acceptors (Lipinski definition) is 3. The zero-order chi connectivity index (χ0) is 13.0. The van der Waals surface area contributed by atoms with Gasteiger partial charge in [-0.15, -0.1) is 0 Å². The van der Waals surface area contributed by atoms with E-state index in [-0.39, 0.29) is 17.5 Å². The van der Waals surface area contributed by atoms with Gasteiger partial charge in [0.1, 0.15) is 0 Å². The van der Waals surface area contributed by atoms with Crippen molar-refractivity contribution in [3.05, 3.63) is 22.7 Å². The van der Waals surface area contributed by atoms with Gasteiger partial charge in [-0.05, 0) is 0 Å². The molecule has 0 fully saturated rings. The fraction of sp³-hybridized carbons (Fsp3) is 0.545. The summed E-state index contributed by atoms with van der Waals surface area (Å²) in [7, 11) is 0. The summed E-state index contributed by atoms with van der Waals surface area (Å²) in [5, 5.41) is 2.61. The molecule has 1 amide bonds. The molecule has 0 saturated heterocycles. The molecule has 1 heterocycles. The van der Waals surface area contributed by atoms with Crippen LogP contribution in [-0.4, -0.2) is 25.3 Å². The molecule has 0 aromatic carbocycles. The number of carbonyl (C=O) groups is 1. The van der Waals surface area contributed by atoms with Crippen LogP contribution in [0.25, 0.3) is 0 Å². The number of amides is 1. The van der Waals surface area contributed by atoms with Crippen LogP contribution in [0.3, 0.4) is 0 Å². The molecule has 1 rings (SSSR count). The Kier molecular flexibility index (Phi) is 5.10. The number of aromatic nitrogens is 2. The van der Waals surface area contributed by atoms with Crippen LogP contribution in [0.15, 0.2) is 17.1 Å². The van der Waals surface area contributed by atoms with E-state index in [1.165, 1.54) is 0 Å². The van der Waals surface area contributed by atoms with Gasteiger partial charge in [0.2, 0.25) is 0 Å². The van der Waals surface area contributed by atoms with E-state index >= 15 is 0 Å². The van der Waals surface area contributed by atoms with Crippen LogP contribution in [0.4, 0.5) is 5.82 Å². The Labute approximate surface area is 108 Å². The Hall–Kier alpha value is -0.920. The Morgan fingerprint density at radius 2 is 2.18 bits per heavy atom. The molecule has 96 valence electrons. The van der Waals surface area contributed by atoms with Gasteiger partial charge in [0.25, 0.3) is 0 Å². The minimum atomic E-state index is -1.01. The number of halogens is 1. The number of hydrogen-bond donors (Lipinski definition) is 1. The predicted molar refractivity (Wildman–Crippen MR) is 77.8 cm³/mol. The fourth-order valence-corrected chi connectivity index (χ4v) is 3.11. The molecule has 1 aromatic heterocycles. The monoisotopic (exact) mass is 351 g/mol. The molecule has 0 bridgehead atoms. The van der Waals surface area contributed by atoms with Crippen LogP contribution in [0.2, 0.25) is 0 Å². The molecular formula is C11H18IN3O2. The number of nitrogens with zero attached hydrogens (tertiary/aromatic N) is 2. The second-order valence-electron chi connectivity index (χ2n) is 4.24. The first-order chi connectivity index (χ1) is 7.90. The first-order valence-corrected chi connectivity index (χ1v) is 11.1. The summed E-state index contributed by atoms with van der Waals surface area (Å²) in [6, 6.07) is 1.67. The Morgan fingerprint density at radius 1 is 1.53 bits per heavy atom. The van der Waals surface area contributed by atoms with Gasteiger partial charge in [0, 0.05) is 0 Å². The van der Waals surface area contributed by atoms with Crippen LogP contribution in [-0.2, 0) is 9.35 Å². The summed E-state index contributed by atoms with van der Waals surface area (Å²) in [5.74, 6) is 0.0786. The molecule has 1 N–H and O–H groups in total. The van der Waals surface area contributed by atoms with Gasteiger partial charge in [-0.1, -0.05) is 0 Å². The average Bonchev–Trinajstić information content (AvgIpc) is 2.21. The fourth-order valence-electron chi connectivity index (χ4n) is 1.12. The molecule has 0 aliphatic carbocycles.